The quantitative estimate of drug-likeness (QED) is 0.175. The molecule has 0 amide bonds. The highest BCUT2D eigenvalue weighted by Crippen LogP contribution is 2.29. The van der Waals surface area contributed by atoms with Crippen molar-refractivity contribution in [2.75, 3.05) is 19.7 Å². The summed E-state index contributed by atoms with van der Waals surface area (Å²) < 4.78 is 26.4. The summed E-state index contributed by atoms with van der Waals surface area (Å²) in [6.45, 7) is 6.41. The standard InChI is InChI=1S/C36H41NO4/c1-2-37-23-34(39-25-30-17-9-4-10-18-30)36(41-27-32-21-13-6-14-22-32)35(40-26-31-19-11-5-12-20-31)33(37)28-38-24-29-15-7-3-8-16-29/h3-22,33-36H,2,23-28H2,1H3/t33-,34+,35-,36-/m1/s1. The Labute approximate surface area is 244 Å². The van der Waals surface area contributed by atoms with Gasteiger partial charge in [-0.3, -0.25) is 4.90 Å². The van der Waals surface area contributed by atoms with Gasteiger partial charge in [0, 0.05) is 6.54 Å². The molecule has 0 N–H and O–H groups in total. The van der Waals surface area contributed by atoms with Crippen LogP contribution in [0.1, 0.15) is 29.2 Å². The van der Waals surface area contributed by atoms with Crippen LogP contribution in [0.4, 0.5) is 0 Å². The van der Waals surface area contributed by atoms with E-state index in [0.717, 1.165) is 35.3 Å². The zero-order valence-electron chi connectivity index (χ0n) is 23.9. The summed E-state index contributed by atoms with van der Waals surface area (Å²) in [6.07, 6.45) is -0.676. The van der Waals surface area contributed by atoms with E-state index in [-0.39, 0.29) is 24.4 Å². The van der Waals surface area contributed by atoms with E-state index in [1.807, 2.05) is 72.8 Å². The van der Waals surface area contributed by atoms with E-state index in [1.54, 1.807) is 0 Å². The van der Waals surface area contributed by atoms with E-state index >= 15 is 0 Å². The third-order valence-corrected chi connectivity index (χ3v) is 7.64. The Hall–Kier alpha value is -3.32. The number of hydrogen-bond donors (Lipinski definition) is 0. The van der Waals surface area contributed by atoms with Crippen molar-refractivity contribution in [1.82, 2.24) is 4.90 Å². The van der Waals surface area contributed by atoms with Gasteiger partial charge in [-0.1, -0.05) is 128 Å². The maximum absolute atomic E-state index is 6.77. The molecule has 1 fully saturated rings. The van der Waals surface area contributed by atoms with Gasteiger partial charge in [-0.25, -0.2) is 0 Å². The Bertz CT molecular complexity index is 1260. The van der Waals surface area contributed by atoms with Crippen molar-refractivity contribution in [2.24, 2.45) is 0 Å². The molecule has 0 aliphatic carbocycles. The van der Waals surface area contributed by atoms with Gasteiger partial charge in [0.25, 0.3) is 0 Å². The van der Waals surface area contributed by atoms with Gasteiger partial charge >= 0.3 is 0 Å². The van der Waals surface area contributed by atoms with E-state index < -0.39 is 0 Å². The SMILES string of the molecule is CCN1C[C@H](OCc2ccccc2)[C@@H](OCc2ccccc2)[C@H](OCc2ccccc2)[C@H]1COCc1ccccc1. The lowest BCUT2D eigenvalue weighted by Gasteiger charge is -2.48. The Balaban J connectivity index is 1.38. The van der Waals surface area contributed by atoms with Gasteiger partial charge in [0.1, 0.15) is 12.2 Å². The predicted octanol–water partition coefficient (Wildman–Crippen LogP) is 6.66. The van der Waals surface area contributed by atoms with Crippen LogP contribution in [0.5, 0.6) is 0 Å². The molecule has 0 bridgehead atoms. The second kappa shape index (κ2) is 15.6. The molecule has 1 aliphatic rings. The first-order valence-corrected chi connectivity index (χ1v) is 14.6. The van der Waals surface area contributed by atoms with E-state index in [2.05, 4.69) is 60.4 Å². The molecular weight excluding hydrogens is 510 g/mol. The molecule has 0 saturated carbocycles. The molecule has 214 valence electrons. The number of likely N-dealkylation sites (N-methyl/N-ethyl adjacent to an activating group) is 1. The van der Waals surface area contributed by atoms with Gasteiger partial charge in [-0.15, -0.1) is 0 Å². The minimum atomic E-state index is -0.268. The monoisotopic (exact) mass is 551 g/mol. The van der Waals surface area contributed by atoms with Gasteiger partial charge in [0.05, 0.1) is 45.2 Å². The van der Waals surface area contributed by atoms with Crippen LogP contribution < -0.4 is 0 Å². The number of hydrogen-bond acceptors (Lipinski definition) is 5. The van der Waals surface area contributed by atoms with E-state index in [4.69, 9.17) is 18.9 Å². The molecule has 4 atom stereocenters. The van der Waals surface area contributed by atoms with Gasteiger partial charge in [-0.2, -0.15) is 0 Å². The van der Waals surface area contributed by atoms with Crippen molar-refractivity contribution in [2.45, 2.75) is 57.7 Å². The third-order valence-electron chi connectivity index (χ3n) is 7.64. The molecule has 0 spiro atoms. The van der Waals surface area contributed by atoms with E-state index in [9.17, 15) is 0 Å². The van der Waals surface area contributed by atoms with Crippen LogP contribution >= 0.6 is 0 Å². The van der Waals surface area contributed by atoms with Crippen molar-refractivity contribution < 1.29 is 18.9 Å². The van der Waals surface area contributed by atoms with Gasteiger partial charge < -0.3 is 18.9 Å². The molecule has 5 nitrogen and oxygen atoms in total. The zero-order chi connectivity index (χ0) is 28.1. The maximum Gasteiger partial charge on any atom is 0.113 e. The lowest BCUT2D eigenvalue weighted by molar-refractivity contribution is -0.210. The fourth-order valence-corrected chi connectivity index (χ4v) is 5.41. The fourth-order valence-electron chi connectivity index (χ4n) is 5.41. The predicted molar refractivity (Wildman–Crippen MR) is 162 cm³/mol. The highest BCUT2D eigenvalue weighted by Gasteiger charge is 2.45. The van der Waals surface area contributed by atoms with Crippen LogP contribution in [0.25, 0.3) is 0 Å². The molecule has 5 rings (SSSR count). The van der Waals surface area contributed by atoms with Crippen molar-refractivity contribution in [3.63, 3.8) is 0 Å². The summed E-state index contributed by atoms with van der Waals surface area (Å²) in [4.78, 5) is 2.43. The number of piperidine rings is 1. The summed E-state index contributed by atoms with van der Waals surface area (Å²) >= 11 is 0. The largest absolute Gasteiger partial charge is 0.375 e. The molecule has 5 heteroatoms. The first-order valence-electron chi connectivity index (χ1n) is 14.6. The van der Waals surface area contributed by atoms with Gasteiger partial charge in [-0.05, 0) is 28.8 Å². The number of nitrogens with zero attached hydrogens (tertiary/aromatic N) is 1. The first kappa shape index (κ1) is 29.2. The zero-order valence-corrected chi connectivity index (χ0v) is 23.9. The lowest BCUT2D eigenvalue weighted by atomic mass is 9.93. The Kier molecular flexibility index (Phi) is 11.1. The van der Waals surface area contributed by atoms with Crippen molar-refractivity contribution >= 4 is 0 Å². The second-order valence-electron chi connectivity index (χ2n) is 10.5. The molecule has 1 saturated heterocycles. The number of benzene rings is 4. The summed E-state index contributed by atoms with van der Waals surface area (Å²) in [6, 6.07) is 41.3. The van der Waals surface area contributed by atoms with Crippen LogP contribution in [0.2, 0.25) is 0 Å². The topological polar surface area (TPSA) is 40.2 Å². The average molecular weight is 552 g/mol. The second-order valence-corrected chi connectivity index (χ2v) is 10.5. The first-order chi connectivity index (χ1) is 20.3. The number of likely N-dealkylation sites (tertiary alicyclic amines) is 1. The highest BCUT2D eigenvalue weighted by atomic mass is 16.6. The van der Waals surface area contributed by atoms with Crippen LogP contribution in [-0.2, 0) is 45.4 Å². The van der Waals surface area contributed by atoms with Crippen LogP contribution in [-0.4, -0.2) is 49.0 Å². The lowest BCUT2D eigenvalue weighted by Crippen LogP contribution is -2.64. The molecular formula is C36H41NO4. The molecule has 0 radical (unpaired) electrons. The normalized spacial score (nSPS) is 21.1. The summed E-state index contributed by atoms with van der Waals surface area (Å²) in [5.74, 6) is 0. The molecule has 4 aromatic rings. The molecule has 1 heterocycles. The molecule has 41 heavy (non-hydrogen) atoms. The van der Waals surface area contributed by atoms with Crippen LogP contribution in [0, 0.1) is 0 Å². The average Bonchev–Trinajstić information content (AvgIpc) is 3.04. The fraction of sp³-hybridized carbons (Fsp3) is 0.333. The summed E-state index contributed by atoms with van der Waals surface area (Å²) in [7, 11) is 0. The maximum atomic E-state index is 6.77. The highest BCUT2D eigenvalue weighted by molar-refractivity contribution is 5.16. The minimum absolute atomic E-state index is 0.0183. The smallest absolute Gasteiger partial charge is 0.113 e. The van der Waals surface area contributed by atoms with Crippen LogP contribution in [0.3, 0.4) is 0 Å². The Morgan fingerprint density at radius 3 is 1.41 bits per heavy atom. The molecule has 1 aliphatic heterocycles. The van der Waals surface area contributed by atoms with E-state index in [1.165, 1.54) is 0 Å². The number of rotatable bonds is 14. The van der Waals surface area contributed by atoms with Crippen molar-refractivity contribution in [3.05, 3.63) is 144 Å². The molecule has 0 aromatic heterocycles. The molecule has 4 aromatic carbocycles. The van der Waals surface area contributed by atoms with E-state index in [0.29, 0.717) is 33.0 Å². The number of ether oxygens (including phenoxy) is 4. The van der Waals surface area contributed by atoms with Gasteiger partial charge in [0.15, 0.2) is 0 Å². The van der Waals surface area contributed by atoms with Crippen LogP contribution in [0.15, 0.2) is 121 Å². The summed E-state index contributed by atoms with van der Waals surface area (Å²) in [5.41, 5.74) is 4.57. The minimum Gasteiger partial charge on any atom is -0.375 e. The van der Waals surface area contributed by atoms with Gasteiger partial charge in [0.2, 0.25) is 0 Å². The summed E-state index contributed by atoms with van der Waals surface area (Å²) in [5, 5.41) is 0. The molecule has 0 unspecified atom stereocenters. The van der Waals surface area contributed by atoms with Crippen molar-refractivity contribution in [3.8, 4) is 0 Å². The third kappa shape index (κ3) is 8.59. The Morgan fingerprint density at radius 2 is 0.951 bits per heavy atom. The van der Waals surface area contributed by atoms with Crippen molar-refractivity contribution in [1.29, 1.82) is 0 Å². The Morgan fingerprint density at radius 1 is 0.537 bits per heavy atom.